The molecule has 3 rings (SSSR count). The molecule has 0 aliphatic rings. The first-order chi connectivity index (χ1) is 9.07. The Kier molecular flexibility index (Phi) is 2.63. The molecule has 19 heavy (non-hydrogen) atoms. The smallest absolute Gasteiger partial charge is 0.234 e. The van der Waals surface area contributed by atoms with E-state index in [0.717, 1.165) is 17.0 Å². The average molecular weight is 251 g/mol. The molecule has 96 valence electrons. The number of fused-ring (bicyclic) bond motifs is 1. The van der Waals surface area contributed by atoms with Crippen molar-refractivity contribution >= 4 is 5.78 Å². The highest BCUT2D eigenvalue weighted by atomic mass is 15.1. The monoisotopic (exact) mass is 251 g/mol. The number of rotatable bonds is 1. The Balaban J connectivity index is 2.36. The van der Waals surface area contributed by atoms with Crippen molar-refractivity contribution < 1.29 is 0 Å². The third-order valence-electron chi connectivity index (χ3n) is 3.16. The maximum atomic E-state index is 4.70. The number of aromatic nitrogens is 3. The minimum atomic E-state index is 0.00756. The van der Waals surface area contributed by atoms with E-state index in [1.165, 1.54) is 5.69 Å². The molecule has 0 atom stereocenters. The van der Waals surface area contributed by atoms with Gasteiger partial charge in [-0.1, -0.05) is 51.1 Å². The predicted octanol–water partition coefficient (Wildman–Crippen LogP) is 3.69. The summed E-state index contributed by atoms with van der Waals surface area (Å²) in [6.45, 7) is 6.61. The summed E-state index contributed by atoms with van der Waals surface area (Å²) >= 11 is 0. The summed E-state index contributed by atoms with van der Waals surface area (Å²) in [5.41, 5.74) is 3.36. The topological polar surface area (TPSA) is 30.2 Å². The van der Waals surface area contributed by atoms with Gasteiger partial charge in [-0.25, -0.2) is 9.97 Å². The minimum Gasteiger partial charge on any atom is -0.287 e. The summed E-state index contributed by atoms with van der Waals surface area (Å²) in [4.78, 5) is 9.05. The fourth-order valence-electron chi connectivity index (χ4n) is 2.40. The number of nitrogens with zero attached hydrogens (tertiary/aromatic N) is 3. The highest BCUT2D eigenvalue weighted by Gasteiger charge is 2.25. The quantitative estimate of drug-likeness (QED) is 0.660. The maximum absolute atomic E-state index is 4.70. The average Bonchev–Trinajstić information content (AvgIpc) is 2.79. The lowest BCUT2D eigenvalue weighted by molar-refractivity contribution is 0.565. The van der Waals surface area contributed by atoms with Crippen molar-refractivity contribution in [2.75, 3.05) is 0 Å². The van der Waals surface area contributed by atoms with Gasteiger partial charge in [0.15, 0.2) is 0 Å². The fraction of sp³-hybridized carbons (Fsp3) is 0.250. The van der Waals surface area contributed by atoms with Crippen LogP contribution < -0.4 is 0 Å². The van der Waals surface area contributed by atoms with Gasteiger partial charge in [0.05, 0.1) is 11.4 Å². The summed E-state index contributed by atoms with van der Waals surface area (Å²) in [5.74, 6) is 0.756. The van der Waals surface area contributed by atoms with Crippen molar-refractivity contribution in [1.82, 2.24) is 14.4 Å². The Morgan fingerprint density at radius 1 is 1.00 bits per heavy atom. The van der Waals surface area contributed by atoms with Gasteiger partial charge >= 0.3 is 0 Å². The predicted molar refractivity (Wildman–Crippen MR) is 77.1 cm³/mol. The molecule has 1 aromatic carbocycles. The van der Waals surface area contributed by atoms with Crippen LogP contribution in [0, 0.1) is 0 Å². The zero-order chi connectivity index (χ0) is 13.5. The van der Waals surface area contributed by atoms with E-state index in [2.05, 4.69) is 42.3 Å². The van der Waals surface area contributed by atoms with Gasteiger partial charge in [0.25, 0.3) is 0 Å². The number of imidazole rings is 1. The van der Waals surface area contributed by atoms with E-state index < -0.39 is 0 Å². The molecule has 3 nitrogen and oxygen atoms in total. The maximum Gasteiger partial charge on any atom is 0.234 e. The zero-order valence-corrected chi connectivity index (χ0v) is 11.5. The SMILES string of the molecule is CC(C)(C)c1c(-c2ccccc2)nc2ncccn12. The first-order valence-electron chi connectivity index (χ1n) is 6.46. The standard InChI is InChI=1S/C16H17N3/c1-16(2,3)14-13(12-8-5-4-6-9-12)18-15-17-10-7-11-19(14)15/h4-11H,1-3H3. The van der Waals surface area contributed by atoms with Crippen LogP contribution in [0.3, 0.4) is 0 Å². The highest BCUT2D eigenvalue weighted by Crippen LogP contribution is 2.32. The second-order valence-corrected chi connectivity index (χ2v) is 5.71. The van der Waals surface area contributed by atoms with Gasteiger partial charge in [-0.3, -0.25) is 4.40 Å². The molecule has 0 spiro atoms. The van der Waals surface area contributed by atoms with E-state index >= 15 is 0 Å². The number of benzene rings is 1. The van der Waals surface area contributed by atoms with Crippen molar-refractivity contribution in [1.29, 1.82) is 0 Å². The Morgan fingerprint density at radius 2 is 1.74 bits per heavy atom. The molecule has 0 N–H and O–H groups in total. The Labute approximate surface area is 113 Å². The molecule has 0 radical (unpaired) electrons. The molecule has 3 heteroatoms. The van der Waals surface area contributed by atoms with Crippen LogP contribution in [-0.2, 0) is 5.41 Å². The highest BCUT2D eigenvalue weighted by molar-refractivity contribution is 5.66. The van der Waals surface area contributed by atoms with Gasteiger partial charge in [-0.2, -0.15) is 0 Å². The summed E-state index contributed by atoms with van der Waals surface area (Å²) in [6.07, 6.45) is 3.81. The van der Waals surface area contributed by atoms with E-state index in [9.17, 15) is 0 Å². The van der Waals surface area contributed by atoms with E-state index in [1.54, 1.807) is 6.20 Å². The molecule has 0 fully saturated rings. The minimum absolute atomic E-state index is 0.00756. The normalized spacial score (nSPS) is 11.9. The van der Waals surface area contributed by atoms with E-state index in [1.807, 2.05) is 30.5 Å². The van der Waals surface area contributed by atoms with Crippen LogP contribution >= 0.6 is 0 Å². The second-order valence-electron chi connectivity index (χ2n) is 5.71. The molecule has 0 saturated carbocycles. The van der Waals surface area contributed by atoms with Crippen molar-refractivity contribution in [2.24, 2.45) is 0 Å². The molecular weight excluding hydrogens is 234 g/mol. The van der Waals surface area contributed by atoms with Crippen LogP contribution in [0.25, 0.3) is 17.0 Å². The van der Waals surface area contributed by atoms with Gasteiger partial charge in [0.1, 0.15) is 0 Å². The molecule has 0 saturated heterocycles. The second kappa shape index (κ2) is 4.19. The Morgan fingerprint density at radius 3 is 2.42 bits per heavy atom. The van der Waals surface area contributed by atoms with Crippen molar-refractivity contribution in [3.05, 3.63) is 54.5 Å². The molecule has 0 aliphatic heterocycles. The largest absolute Gasteiger partial charge is 0.287 e. The molecule has 2 aromatic heterocycles. The van der Waals surface area contributed by atoms with Gasteiger partial charge in [0.2, 0.25) is 5.78 Å². The molecule has 0 unspecified atom stereocenters. The Bertz CT molecular complexity index is 706. The van der Waals surface area contributed by atoms with Crippen molar-refractivity contribution in [3.63, 3.8) is 0 Å². The summed E-state index contributed by atoms with van der Waals surface area (Å²) in [6, 6.07) is 12.2. The van der Waals surface area contributed by atoms with E-state index in [4.69, 9.17) is 4.98 Å². The number of hydrogen-bond acceptors (Lipinski definition) is 2. The lowest BCUT2D eigenvalue weighted by Gasteiger charge is -2.20. The van der Waals surface area contributed by atoms with Crippen LogP contribution in [0.4, 0.5) is 0 Å². The van der Waals surface area contributed by atoms with Gasteiger partial charge in [0, 0.05) is 23.4 Å². The van der Waals surface area contributed by atoms with Gasteiger partial charge in [-0.05, 0) is 6.07 Å². The fourth-order valence-corrected chi connectivity index (χ4v) is 2.40. The first-order valence-corrected chi connectivity index (χ1v) is 6.46. The summed E-state index contributed by atoms with van der Waals surface area (Å²) < 4.78 is 2.09. The van der Waals surface area contributed by atoms with Crippen LogP contribution in [0.15, 0.2) is 48.8 Å². The third kappa shape index (κ3) is 2.01. The van der Waals surface area contributed by atoms with Crippen molar-refractivity contribution in [3.8, 4) is 11.3 Å². The number of hydrogen-bond donors (Lipinski definition) is 0. The van der Waals surface area contributed by atoms with Crippen LogP contribution in [0.1, 0.15) is 26.5 Å². The van der Waals surface area contributed by atoms with Crippen molar-refractivity contribution in [2.45, 2.75) is 26.2 Å². The van der Waals surface area contributed by atoms with Crippen LogP contribution in [0.5, 0.6) is 0 Å². The molecular formula is C16H17N3. The molecule has 2 heterocycles. The lowest BCUT2D eigenvalue weighted by Crippen LogP contribution is -2.15. The molecule has 0 aliphatic carbocycles. The lowest BCUT2D eigenvalue weighted by atomic mass is 9.89. The van der Waals surface area contributed by atoms with E-state index in [0.29, 0.717) is 0 Å². The molecule has 3 aromatic rings. The van der Waals surface area contributed by atoms with Gasteiger partial charge in [-0.15, -0.1) is 0 Å². The Hall–Kier alpha value is -2.16. The van der Waals surface area contributed by atoms with E-state index in [-0.39, 0.29) is 5.41 Å². The third-order valence-corrected chi connectivity index (χ3v) is 3.16. The van der Waals surface area contributed by atoms with Gasteiger partial charge < -0.3 is 0 Å². The zero-order valence-electron chi connectivity index (χ0n) is 11.5. The molecule has 0 amide bonds. The van der Waals surface area contributed by atoms with Crippen LogP contribution in [0.2, 0.25) is 0 Å². The van der Waals surface area contributed by atoms with Crippen LogP contribution in [-0.4, -0.2) is 14.4 Å². The first kappa shape index (κ1) is 11.9. The summed E-state index contributed by atoms with van der Waals surface area (Å²) in [7, 11) is 0. The summed E-state index contributed by atoms with van der Waals surface area (Å²) in [5, 5.41) is 0. The molecule has 0 bridgehead atoms.